The van der Waals surface area contributed by atoms with Gasteiger partial charge in [-0.1, -0.05) is 12.1 Å². The fourth-order valence-electron chi connectivity index (χ4n) is 2.72. The maximum absolute atomic E-state index is 10.1. The van der Waals surface area contributed by atoms with Gasteiger partial charge in [0.25, 0.3) is 0 Å². The van der Waals surface area contributed by atoms with E-state index in [4.69, 9.17) is 9.15 Å². The second kappa shape index (κ2) is 6.37. The van der Waals surface area contributed by atoms with Gasteiger partial charge < -0.3 is 14.3 Å². The molecule has 0 saturated carbocycles. The van der Waals surface area contributed by atoms with Crippen molar-refractivity contribution in [2.24, 2.45) is 0 Å². The number of aliphatic hydroxyl groups is 1. The molecule has 108 valence electrons. The normalized spacial score (nSPS) is 21.1. The second-order valence-electron chi connectivity index (χ2n) is 5.50. The molecule has 4 nitrogen and oxygen atoms in total. The van der Waals surface area contributed by atoms with Gasteiger partial charge in [0.1, 0.15) is 5.52 Å². The summed E-state index contributed by atoms with van der Waals surface area (Å²) in [6, 6.07) is 7.68. The number of benzene rings is 1. The Morgan fingerprint density at radius 3 is 3.00 bits per heavy atom. The molecule has 1 saturated heterocycles. The molecule has 4 heteroatoms. The summed E-state index contributed by atoms with van der Waals surface area (Å²) in [5.74, 6) is 0.614. The third-order valence-electron chi connectivity index (χ3n) is 3.84. The molecule has 3 rings (SSSR count). The van der Waals surface area contributed by atoms with Crippen molar-refractivity contribution in [3.05, 3.63) is 30.2 Å². The van der Waals surface area contributed by atoms with Gasteiger partial charge in [-0.2, -0.15) is 0 Å². The average Bonchev–Trinajstić information content (AvgIpc) is 2.88. The molecule has 1 aliphatic rings. The largest absolute Gasteiger partial charge is 0.441 e. The number of fused-ring (bicyclic) bond motifs is 1. The summed E-state index contributed by atoms with van der Waals surface area (Å²) in [7, 11) is 0. The first kappa shape index (κ1) is 13.6. The number of aromatic nitrogens is 1. The minimum absolute atomic E-state index is 0.321. The van der Waals surface area contributed by atoms with Crippen molar-refractivity contribution >= 4 is 11.1 Å². The Bertz CT molecular complexity index is 512. The van der Waals surface area contributed by atoms with Crippen LogP contribution in [0.2, 0.25) is 0 Å². The minimum atomic E-state index is -0.409. The lowest BCUT2D eigenvalue weighted by atomic mass is 10.0. The van der Waals surface area contributed by atoms with E-state index in [-0.39, 0.29) is 0 Å². The average molecular weight is 275 g/mol. The van der Waals surface area contributed by atoms with Crippen molar-refractivity contribution in [1.29, 1.82) is 0 Å². The first-order valence-corrected chi connectivity index (χ1v) is 7.45. The van der Waals surface area contributed by atoms with E-state index in [0.29, 0.717) is 18.4 Å². The molecule has 20 heavy (non-hydrogen) atoms. The van der Waals surface area contributed by atoms with Crippen LogP contribution in [0.1, 0.15) is 38.0 Å². The Morgan fingerprint density at radius 2 is 2.20 bits per heavy atom. The van der Waals surface area contributed by atoms with Crippen molar-refractivity contribution in [2.45, 2.75) is 50.7 Å². The smallest absolute Gasteiger partial charge is 0.198 e. The van der Waals surface area contributed by atoms with Crippen LogP contribution in [0.3, 0.4) is 0 Å². The van der Waals surface area contributed by atoms with Crippen LogP contribution < -0.4 is 0 Å². The fourth-order valence-corrected chi connectivity index (χ4v) is 2.72. The van der Waals surface area contributed by atoms with Crippen LogP contribution in [0.15, 0.2) is 28.7 Å². The number of ether oxygens (including phenoxy) is 1. The first-order valence-electron chi connectivity index (χ1n) is 7.45. The van der Waals surface area contributed by atoms with Gasteiger partial charge in [0.05, 0.1) is 18.6 Å². The molecule has 2 aromatic rings. The van der Waals surface area contributed by atoms with Gasteiger partial charge in [0.15, 0.2) is 11.5 Å². The molecule has 1 aromatic heterocycles. The zero-order valence-electron chi connectivity index (χ0n) is 11.6. The van der Waals surface area contributed by atoms with E-state index in [1.807, 2.05) is 24.3 Å². The van der Waals surface area contributed by atoms with Crippen LogP contribution in [0, 0.1) is 0 Å². The third kappa shape index (κ3) is 3.38. The highest BCUT2D eigenvalue weighted by Crippen LogP contribution is 2.20. The summed E-state index contributed by atoms with van der Waals surface area (Å²) < 4.78 is 11.3. The number of hydrogen-bond donors (Lipinski definition) is 1. The van der Waals surface area contributed by atoms with E-state index in [2.05, 4.69) is 4.98 Å². The lowest BCUT2D eigenvalue weighted by Crippen LogP contribution is -2.21. The number of para-hydroxylation sites is 2. The number of oxazole rings is 1. The summed E-state index contributed by atoms with van der Waals surface area (Å²) >= 11 is 0. The topological polar surface area (TPSA) is 55.5 Å². The summed E-state index contributed by atoms with van der Waals surface area (Å²) in [4.78, 5) is 4.39. The van der Waals surface area contributed by atoms with Gasteiger partial charge in [0, 0.05) is 6.61 Å². The van der Waals surface area contributed by atoms with Crippen molar-refractivity contribution in [2.75, 3.05) is 6.61 Å². The molecule has 1 aromatic carbocycles. The highest BCUT2D eigenvalue weighted by atomic mass is 16.5. The number of nitrogens with zero attached hydrogens (tertiary/aromatic N) is 1. The molecular weight excluding hydrogens is 254 g/mol. The van der Waals surface area contributed by atoms with Crippen LogP contribution in [0.25, 0.3) is 11.1 Å². The lowest BCUT2D eigenvalue weighted by Gasteiger charge is -2.23. The van der Waals surface area contributed by atoms with E-state index in [0.717, 1.165) is 37.0 Å². The van der Waals surface area contributed by atoms with Gasteiger partial charge in [-0.25, -0.2) is 4.98 Å². The van der Waals surface area contributed by atoms with Crippen molar-refractivity contribution < 1.29 is 14.3 Å². The lowest BCUT2D eigenvalue weighted by molar-refractivity contribution is 0.00198. The zero-order valence-corrected chi connectivity index (χ0v) is 11.6. The molecule has 0 spiro atoms. The molecule has 2 unspecified atom stereocenters. The first-order chi connectivity index (χ1) is 9.81. The predicted molar refractivity (Wildman–Crippen MR) is 76.5 cm³/mol. The van der Waals surface area contributed by atoms with Crippen molar-refractivity contribution in [3.8, 4) is 0 Å². The van der Waals surface area contributed by atoms with Crippen molar-refractivity contribution in [1.82, 2.24) is 4.98 Å². The van der Waals surface area contributed by atoms with Gasteiger partial charge in [-0.3, -0.25) is 0 Å². The monoisotopic (exact) mass is 275 g/mol. The van der Waals surface area contributed by atoms with E-state index in [1.165, 1.54) is 12.8 Å². The number of aliphatic hydroxyl groups excluding tert-OH is 1. The maximum atomic E-state index is 10.1. The van der Waals surface area contributed by atoms with Crippen LogP contribution >= 0.6 is 0 Å². The van der Waals surface area contributed by atoms with E-state index in [9.17, 15) is 5.11 Å². The highest BCUT2D eigenvalue weighted by Gasteiger charge is 2.17. The third-order valence-corrected chi connectivity index (χ3v) is 3.84. The summed E-state index contributed by atoms with van der Waals surface area (Å²) in [5, 5.41) is 10.1. The minimum Gasteiger partial charge on any atom is -0.441 e. The molecule has 2 heterocycles. The second-order valence-corrected chi connectivity index (χ2v) is 5.50. The molecule has 1 aliphatic heterocycles. The van der Waals surface area contributed by atoms with Gasteiger partial charge in [-0.05, 0) is 44.2 Å². The standard InChI is InChI=1S/C16H21NO3/c18-12(8-9-13-5-3-4-10-19-13)11-16-17-14-6-1-2-7-15(14)20-16/h1-2,6-7,12-13,18H,3-5,8-11H2. The Labute approximate surface area is 118 Å². The molecule has 2 atom stereocenters. The Kier molecular flexibility index (Phi) is 4.33. The Morgan fingerprint density at radius 1 is 1.30 bits per heavy atom. The van der Waals surface area contributed by atoms with Gasteiger partial charge in [-0.15, -0.1) is 0 Å². The molecule has 0 aliphatic carbocycles. The summed E-state index contributed by atoms with van der Waals surface area (Å²) in [6.07, 6.45) is 5.57. The highest BCUT2D eigenvalue weighted by molar-refractivity contribution is 5.72. The predicted octanol–water partition coefficient (Wildman–Crippen LogP) is 3.08. The van der Waals surface area contributed by atoms with Crippen LogP contribution in [0.4, 0.5) is 0 Å². The Balaban J connectivity index is 1.51. The molecule has 0 amide bonds. The van der Waals surface area contributed by atoms with E-state index < -0.39 is 6.10 Å². The summed E-state index contributed by atoms with van der Waals surface area (Å²) in [6.45, 7) is 0.867. The summed E-state index contributed by atoms with van der Waals surface area (Å²) in [5.41, 5.74) is 1.63. The Hall–Kier alpha value is -1.39. The van der Waals surface area contributed by atoms with Gasteiger partial charge >= 0.3 is 0 Å². The van der Waals surface area contributed by atoms with Gasteiger partial charge in [0.2, 0.25) is 0 Å². The van der Waals surface area contributed by atoms with Crippen LogP contribution in [-0.2, 0) is 11.2 Å². The molecule has 1 fully saturated rings. The molecule has 0 bridgehead atoms. The van der Waals surface area contributed by atoms with Crippen LogP contribution in [0.5, 0.6) is 0 Å². The zero-order chi connectivity index (χ0) is 13.8. The van der Waals surface area contributed by atoms with E-state index in [1.54, 1.807) is 0 Å². The maximum Gasteiger partial charge on any atom is 0.198 e. The molecule has 1 N–H and O–H groups in total. The van der Waals surface area contributed by atoms with E-state index >= 15 is 0 Å². The molecular formula is C16H21NO3. The number of hydrogen-bond acceptors (Lipinski definition) is 4. The fraction of sp³-hybridized carbons (Fsp3) is 0.562. The molecule has 0 radical (unpaired) electrons. The SMILES string of the molecule is OC(CCC1CCCCO1)Cc1nc2ccccc2o1. The quantitative estimate of drug-likeness (QED) is 0.911. The van der Waals surface area contributed by atoms with Crippen LogP contribution in [-0.4, -0.2) is 28.9 Å². The van der Waals surface area contributed by atoms with Crippen molar-refractivity contribution in [3.63, 3.8) is 0 Å². The number of rotatable bonds is 5.